The molecule has 0 rings (SSSR count). The monoisotopic (exact) mass is 444 g/mol. The number of rotatable bonds is 15. The molecule has 10 N–H and O–H groups in total. The first kappa shape index (κ1) is 27.8. The van der Waals surface area contributed by atoms with E-state index < -0.39 is 60.2 Å². The summed E-state index contributed by atoms with van der Waals surface area (Å²) in [4.78, 5) is 70.1. The third-order valence-corrected chi connectivity index (χ3v) is 4.10. The van der Waals surface area contributed by atoms with E-state index in [1.165, 1.54) is 0 Å². The second-order valence-corrected chi connectivity index (χ2v) is 7.48. The quantitative estimate of drug-likeness (QED) is 0.137. The maximum absolute atomic E-state index is 12.7. The zero-order chi connectivity index (χ0) is 24.1. The highest BCUT2D eigenvalue weighted by Crippen LogP contribution is 2.06. The minimum Gasteiger partial charge on any atom is -0.480 e. The van der Waals surface area contributed by atoms with Gasteiger partial charge in [-0.1, -0.05) is 13.8 Å². The molecular weight excluding hydrogens is 412 g/mol. The standard InChI is InChI=1S/C18H32N6O7/c1-9(2)7-10(19)16(29)23-12(4-6-14(21)26)18(31)24-11(3-5-13(20)25)17(30)22-8-15(27)28/h9-12H,3-8,19H2,1-2H3,(H2,20,25)(H2,21,26)(H,22,30)(H,23,29)(H,24,31)(H,27,28). The molecule has 0 aliphatic heterocycles. The fourth-order valence-corrected chi connectivity index (χ4v) is 2.56. The van der Waals surface area contributed by atoms with E-state index >= 15 is 0 Å². The van der Waals surface area contributed by atoms with Crippen LogP contribution < -0.4 is 33.2 Å². The zero-order valence-corrected chi connectivity index (χ0v) is 17.7. The summed E-state index contributed by atoms with van der Waals surface area (Å²) in [7, 11) is 0. The molecule has 0 bridgehead atoms. The number of primary amides is 2. The largest absolute Gasteiger partial charge is 0.480 e. The van der Waals surface area contributed by atoms with E-state index in [9.17, 15) is 28.8 Å². The molecule has 0 heterocycles. The third-order valence-electron chi connectivity index (χ3n) is 4.10. The molecule has 5 amide bonds. The molecule has 0 radical (unpaired) electrons. The van der Waals surface area contributed by atoms with Crippen molar-refractivity contribution in [2.45, 2.75) is 64.1 Å². The van der Waals surface area contributed by atoms with Crippen molar-refractivity contribution in [3.63, 3.8) is 0 Å². The summed E-state index contributed by atoms with van der Waals surface area (Å²) in [5.74, 6) is -4.93. The summed E-state index contributed by atoms with van der Waals surface area (Å²) in [6.07, 6.45) is -0.483. The maximum Gasteiger partial charge on any atom is 0.322 e. The molecular formula is C18H32N6O7. The Morgan fingerprint density at radius 3 is 1.68 bits per heavy atom. The number of hydrogen-bond donors (Lipinski definition) is 7. The number of carboxylic acids is 1. The Kier molecular flexibility index (Phi) is 12.5. The Morgan fingerprint density at radius 1 is 0.806 bits per heavy atom. The van der Waals surface area contributed by atoms with Gasteiger partial charge in [-0.3, -0.25) is 28.8 Å². The molecule has 0 saturated carbocycles. The number of carbonyl (C=O) groups excluding carboxylic acids is 5. The van der Waals surface area contributed by atoms with Crippen LogP contribution in [0.1, 0.15) is 46.0 Å². The molecule has 0 aromatic carbocycles. The lowest BCUT2D eigenvalue weighted by molar-refractivity contribution is -0.138. The Bertz CT molecular complexity index is 682. The van der Waals surface area contributed by atoms with Gasteiger partial charge in [-0.05, 0) is 25.2 Å². The van der Waals surface area contributed by atoms with Crippen molar-refractivity contribution >= 4 is 35.5 Å². The lowest BCUT2D eigenvalue weighted by Gasteiger charge is -2.24. The summed E-state index contributed by atoms with van der Waals surface area (Å²) in [5.41, 5.74) is 16.0. The van der Waals surface area contributed by atoms with E-state index in [0.29, 0.717) is 6.42 Å². The van der Waals surface area contributed by atoms with Gasteiger partial charge in [0.2, 0.25) is 29.5 Å². The van der Waals surface area contributed by atoms with Crippen LogP contribution in [-0.4, -0.2) is 65.3 Å². The predicted octanol–water partition coefficient (Wildman–Crippen LogP) is -2.94. The van der Waals surface area contributed by atoms with E-state index in [1.54, 1.807) is 0 Å². The highest BCUT2D eigenvalue weighted by molar-refractivity contribution is 5.94. The van der Waals surface area contributed by atoms with Crippen molar-refractivity contribution in [1.29, 1.82) is 0 Å². The average Bonchev–Trinajstić information content (AvgIpc) is 2.64. The fourth-order valence-electron chi connectivity index (χ4n) is 2.56. The van der Waals surface area contributed by atoms with Crippen molar-refractivity contribution in [3.8, 4) is 0 Å². The van der Waals surface area contributed by atoms with Crippen LogP contribution in [0.4, 0.5) is 0 Å². The number of amides is 5. The number of hydrogen-bond acceptors (Lipinski definition) is 7. The molecule has 13 heteroatoms. The van der Waals surface area contributed by atoms with Gasteiger partial charge in [0.25, 0.3) is 0 Å². The molecule has 0 aromatic heterocycles. The van der Waals surface area contributed by atoms with Crippen molar-refractivity contribution in [2.24, 2.45) is 23.1 Å². The summed E-state index contributed by atoms with van der Waals surface area (Å²) in [5, 5.41) is 15.6. The lowest BCUT2D eigenvalue weighted by atomic mass is 10.0. The van der Waals surface area contributed by atoms with Gasteiger partial charge in [0.15, 0.2) is 0 Å². The normalized spacial score (nSPS) is 13.5. The molecule has 0 aromatic rings. The Morgan fingerprint density at radius 2 is 1.26 bits per heavy atom. The number of aliphatic carboxylic acids is 1. The topological polar surface area (TPSA) is 237 Å². The van der Waals surface area contributed by atoms with E-state index in [4.69, 9.17) is 22.3 Å². The van der Waals surface area contributed by atoms with Crippen LogP contribution in [-0.2, 0) is 28.8 Å². The highest BCUT2D eigenvalue weighted by Gasteiger charge is 2.29. The predicted molar refractivity (Wildman–Crippen MR) is 109 cm³/mol. The first-order valence-electron chi connectivity index (χ1n) is 9.75. The van der Waals surface area contributed by atoms with Crippen LogP contribution in [0.15, 0.2) is 0 Å². The minimum absolute atomic E-state index is 0.120. The minimum atomic E-state index is -1.31. The molecule has 3 unspecified atom stereocenters. The summed E-state index contributed by atoms with van der Waals surface area (Å²) in [6.45, 7) is 3.03. The van der Waals surface area contributed by atoms with Crippen LogP contribution >= 0.6 is 0 Å². The first-order valence-corrected chi connectivity index (χ1v) is 9.75. The van der Waals surface area contributed by atoms with Gasteiger partial charge < -0.3 is 38.3 Å². The number of nitrogens with two attached hydrogens (primary N) is 3. The van der Waals surface area contributed by atoms with Gasteiger partial charge in [0.05, 0.1) is 6.04 Å². The van der Waals surface area contributed by atoms with E-state index in [0.717, 1.165) is 0 Å². The Balaban J connectivity index is 5.35. The van der Waals surface area contributed by atoms with Gasteiger partial charge >= 0.3 is 5.97 Å². The van der Waals surface area contributed by atoms with Crippen molar-refractivity contribution in [3.05, 3.63) is 0 Å². The molecule has 3 atom stereocenters. The second-order valence-electron chi connectivity index (χ2n) is 7.48. The molecule has 176 valence electrons. The van der Waals surface area contributed by atoms with Crippen molar-refractivity contribution < 1.29 is 33.9 Å². The Hall–Kier alpha value is -3.22. The molecule has 0 saturated heterocycles. The number of carbonyl (C=O) groups is 6. The van der Waals surface area contributed by atoms with Gasteiger partial charge in [0.1, 0.15) is 18.6 Å². The second kappa shape index (κ2) is 13.9. The van der Waals surface area contributed by atoms with Crippen LogP contribution in [0.3, 0.4) is 0 Å². The van der Waals surface area contributed by atoms with Gasteiger partial charge in [-0.2, -0.15) is 0 Å². The first-order chi connectivity index (χ1) is 14.3. The molecule has 0 aliphatic carbocycles. The SMILES string of the molecule is CC(C)CC(N)C(=O)NC(CCC(N)=O)C(=O)NC(CCC(N)=O)C(=O)NCC(=O)O. The van der Waals surface area contributed by atoms with Gasteiger partial charge in [-0.25, -0.2) is 0 Å². The van der Waals surface area contributed by atoms with Gasteiger partial charge in [0, 0.05) is 12.8 Å². The Labute approximate surface area is 179 Å². The van der Waals surface area contributed by atoms with Crippen LogP contribution in [0.25, 0.3) is 0 Å². The van der Waals surface area contributed by atoms with Crippen molar-refractivity contribution in [1.82, 2.24) is 16.0 Å². The zero-order valence-electron chi connectivity index (χ0n) is 17.7. The van der Waals surface area contributed by atoms with Gasteiger partial charge in [-0.15, -0.1) is 0 Å². The average molecular weight is 444 g/mol. The summed E-state index contributed by atoms with van der Waals surface area (Å²) < 4.78 is 0. The lowest BCUT2D eigenvalue weighted by Crippen LogP contribution is -2.56. The fraction of sp³-hybridized carbons (Fsp3) is 0.667. The van der Waals surface area contributed by atoms with E-state index in [1.807, 2.05) is 13.8 Å². The molecule has 0 fully saturated rings. The number of carboxylic acid groups (broad SMARTS) is 1. The summed E-state index contributed by atoms with van der Waals surface area (Å²) >= 11 is 0. The molecule has 13 nitrogen and oxygen atoms in total. The van der Waals surface area contributed by atoms with Crippen LogP contribution in [0.5, 0.6) is 0 Å². The molecule has 31 heavy (non-hydrogen) atoms. The van der Waals surface area contributed by atoms with Crippen LogP contribution in [0, 0.1) is 5.92 Å². The third kappa shape index (κ3) is 12.8. The maximum atomic E-state index is 12.7. The molecule has 0 aliphatic rings. The number of nitrogens with one attached hydrogen (secondary N) is 3. The highest BCUT2D eigenvalue weighted by atomic mass is 16.4. The smallest absolute Gasteiger partial charge is 0.322 e. The summed E-state index contributed by atoms with van der Waals surface area (Å²) in [6, 6.07) is -3.42. The van der Waals surface area contributed by atoms with E-state index in [2.05, 4.69) is 16.0 Å². The van der Waals surface area contributed by atoms with Crippen molar-refractivity contribution in [2.75, 3.05) is 6.54 Å². The molecule has 0 spiro atoms. The van der Waals surface area contributed by atoms with E-state index in [-0.39, 0.29) is 31.6 Å². The van der Waals surface area contributed by atoms with Crippen LogP contribution in [0.2, 0.25) is 0 Å².